The Labute approximate surface area is 124 Å². The summed E-state index contributed by atoms with van der Waals surface area (Å²) >= 11 is 0. The quantitative estimate of drug-likeness (QED) is 0.872. The van der Waals surface area contributed by atoms with E-state index in [1.165, 1.54) is 12.8 Å². The lowest BCUT2D eigenvalue weighted by Gasteiger charge is -2.16. The van der Waals surface area contributed by atoms with E-state index in [2.05, 4.69) is 25.4 Å². The van der Waals surface area contributed by atoms with E-state index in [4.69, 9.17) is 0 Å². The van der Waals surface area contributed by atoms with E-state index in [0.29, 0.717) is 19.4 Å². The number of pyridine rings is 1. The van der Waals surface area contributed by atoms with E-state index in [0.717, 1.165) is 24.5 Å². The average molecular weight is 287 g/mol. The average Bonchev–Trinajstić information content (AvgIpc) is 3.02. The minimum absolute atomic E-state index is 0.0390. The molecule has 1 aromatic heterocycles. The summed E-state index contributed by atoms with van der Waals surface area (Å²) in [6.45, 7) is 4.65. The number of carbonyl (C=O) groups is 1. The number of hydrogen-bond acceptors (Lipinski definition) is 5. The van der Waals surface area contributed by atoms with Crippen molar-refractivity contribution in [3.05, 3.63) is 23.9 Å². The Hall–Kier alpha value is -1.98. The van der Waals surface area contributed by atoms with Crippen LogP contribution in [0.3, 0.4) is 0 Å². The van der Waals surface area contributed by atoms with Gasteiger partial charge in [0.1, 0.15) is 5.82 Å². The molecule has 0 aromatic carbocycles. The summed E-state index contributed by atoms with van der Waals surface area (Å²) in [5, 5.41) is 10.7. The van der Waals surface area contributed by atoms with Gasteiger partial charge in [-0.05, 0) is 31.4 Å². The molecule has 6 heteroatoms. The lowest BCUT2D eigenvalue weighted by Crippen LogP contribution is -2.24. The van der Waals surface area contributed by atoms with Gasteiger partial charge in [0.2, 0.25) is 5.91 Å². The summed E-state index contributed by atoms with van der Waals surface area (Å²) < 4.78 is 0. The van der Waals surface area contributed by atoms with E-state index in [9.17, 15) is 4.79 Å². The fourth-order valence-corrected chi connectivity index (χ4v) is 2.48. The van der Waals surface area contributed by atoms with Gasteiger partial charge in [-0.25, -0.2) is 4.98 Å². The zero-order valence-corrected chi connectivity index (χ0v) is 12.4. The molecule has 2 aliphatic heterocycles. The van der Waals surface area contributed by atoms with Crippen LogP contribution in [0.2, 0.25) is 0 Å². The van der Waals surface area contributed by atoms with Crippen molar-refractivity contribution in [2.24, 2.45) is 10.2 Å². The molecule has 1 N–H and O–H groups in total. The van der Waals surface area contributed by atoms with Gasteiger partial charge in [0.05, 0.1) is 0 Å². The highest BCUT2D eigenvalue weighted by Gasteiger charge is 2.33. The molecule has 1 saturated heterocycles. The van der Waals surface area contributed by atoms with Crippen LogP contribution >= 0.6 is 0 Å². The third-order valence-corrected chi connectivity index (χ3v) is 4.00. The second-order valence-electron chi connectivity index (χ2n) is 5.91. The molecule has 3 heterocycles. The van der Waals surface area contributed by atoms with Gasteiger partial charge in [-0.1, -0.05) is 6.07 Å². The molecule has 3 rings (SSSR count). The Kier molecular flexibility index (Phi) is 3.86. The van der Waals surface area contributed by atoms with Crippen LogP contribution in [0, 0.1) is 0 Å². The molecule has 0 aliphatic carbocycles. The highest BCUT2D eigenvalue weighted by atomic mass is 16.1. The Balaban J connectivity index is 1.43. The largest absolute Gasteiger partial charge is 0.357 e. The van der Waals surface area contributed by atoms with E-state index < -0.39 is 0 Å². The van der Waals surface area contributed by atoms with Crippen LogP contribution in [-0.2, 0) is 11.3 Å². The molecule has 1 fully saturated rings. The smallest absolute Gasteiger partial charge is 0.220 e. The minimum Gasteiger partial charge on any atom is -0.357 e. The van der Waals surface area contributed by atoms with Crippen molar-refractivity contribution in [3.63, 3.8) is 0 Å². The first-order valence-corrected chi connectivity index (χ1v) is 7.55. The predicted molar refractivity (Wildman–Crippen MR) is 80.0 cm³/mol. The van der Waals surface area contributed by atoms with E-state index in [1.54, 1.807) is 0 Å². The maximum absolute atomic E-state index is 11.7. The highest BCUT2D eigenvalue weighted by molar-refractivity contribution is 5.76. The molecule has 0 bridgehead atoms. The summed E-state index contributed by atoms with van der Waals surface area (Å²) in [7, 11) is 0. The molecule has 21 heavy (non-hydrogen) atoms. The van der Waals surface area contributed by atoms with Crippen LogP contribution in [0.25, 0.3) is 0 Å². The number of amides is 1. The molecule has 6 nitrogen and oxygen atoms in total. The SMILES string of the molecule is CC1(CCC(=O)NCc2ccc(N3CCCC3)nc2)N=N1. The lowest BCUT2D eigenvalue weighted by molar-refractivity contribution is -0.121. The second kappa shape index (κ2) is 5.79. The van der Waals surface area contributed by atoms with Crippen molar-refractivity contribution in [2.45, 2.75) is 44.8 Å². The van der Waals surface area contributed by atoms with Gasteiger partial charge < -0.3 is 10.2 Å². The van der Waals surface area contributed by atoms with Crippen LogP contribution in [-0.4, -0.2) is 29.6 Å². The Morgan fingerprint density at radius 2 is 2.10 bits per heavy atom. The standard InChI is InChI=1S/C15H21N5O/c1-15(18-19-15)7-6-14(21)17-11-12-4-5-13(16-10-12)20-8-2-3-9-20/h4-5,10H,2-3,6-9,11H2,1H3,(H,17,21). The summed E-state index contributed by atoms with van der Waals surface area (Å²) in [5.41, 5.74) is 0.731. The first kappa shape index (κ1) is 14.0. The number of anilines is 1. The van der Waals surface area contributed by atoms with E-state index >= 15 is 0 Å². The summed E-state index contributed by atoms with van der Waals surface area (Å²) in [6.07, 6.45) is 5.49. The molecule has 2 aliphatic rings. The van der Waals surface area contributed by atoms with Gasteiger partial charge in [-0.2, -0.15) is 10.2 Å². The maximum Gasteiger partial charge on any atom is 0.220 e. The highest BCUT2D eigenvalue weighted by Crippen LogP contribution is 2.31. The molecule has 0 unspecified atom stereocenters. The summed E-state index contributed by atoms with van der Waals surface area (Å²) in [6, 6.07) is 4.07. The third kappa shape index (κ3) is 3.77. The zero-order valence-electron chi connectivity index (χ0n) is 12.4. The van der Waals surface area contributed by atoms with Crippen molar-refractivity contribution in [1.82, 2.24) is 10.3 Å². The molecule has 112 valence electrons. The summed E-state index contributed by atoms with van der Waals surface area (Å²) in [4.78, 5) is 18.5. The van der Waals surface area contributed by atoms with Crippen LogP contribution in [0.1, 0.15) is 38.2 Å². The van der Waals surface area contributed by atoms with Crippen molar-refractivity contribution in [2.75, 3.05) is 18.0 Å². The molecule has 0 atom stereocenters. The second-order valence-corrected chi connectivity index (χ2v) is 5.91. The fraction of sp³-hybridized carbons (Fsp3) is 0.600. The van der Waals surface area contributed by atoms with Crippen LogP contribution in [0.4, 0.5) is 5.82 Å². The van der Waals surface area contributed by atoms with Crippen LogP contribution in [0.15, 0.2) is 28.6 Å². The third-order valence-electron chi connectivity index (χ3n) is 4.00. The number of hydrogen-bond donors (Lipinski definition) is 1. The minimum atomic E-state index is -0.295. The normalized spacial score (nSPS) is 18.8. The number of rotatable bonds is 6. The monoisotopic (exact) mass is 287 g/mol. The van der Waals surface area contributed by atoms with Gasteiger partial charge >= 0.3 is 0 Å². The van der Waals surface area contributed by atoms with Gasteiger partial charge in [0.15, 0.2) is 5.66 Å². The zero-order chi connectivity index (χ0) is 14.7. The Morgan fingerprint density at radius 3 is 2.71 bits per heavy atom. The van der Waals surface area contributed by atoms with Crippen molar-refractivity contribution >= 4 is 11.7 Å². The molecule has 0 spiro atoms. The first-order chi connectivity index (χ1) is 10.1. The number of carbonyl (C=O) groups excluding carboxylic acids is 1. The molecule has 0 saturated carbocycles. The Bertz CT molecular complexity index is 527. The van der Waals surface area contributed by atoms with Crippen molar-refractivity contribution < 1.29 is 4.79 Å². The van der Waals surface area contributed by atoms with Crippen molar-refractivity contribution in [3.8, 4) is 0 Å². The molecule has 1 amide bonds. The molecule has 1 aromatic rings. The molecular formula is C15H21N5O. The first-order valence-electron chi connectivity index (χ1n) is 7.55. The van der Waals surface area contributed by atoms with Crippen LogP contribution < -0.4 is 10.2 Å². The lowest BCUT2D eigenvalue weighted by atomic mass is 10.1. The molecule has 0 radical (unpaired) electrons. The molecular weight excluding hydrogens is 266 g/mol. The van der Waals surface area contributed by atoms with Crippen molar-refractivity contribution in [1.29, 1.82) is 0 Å². The number of nitrogens with zero attached hydrogens (tertiary/aromatic N) is 4. The topological polar surface area (TPSA) is 70.0 Å². The van der Waals surface area contributed by atoms with Gasteiger partial charge in [0, 0.05) is 38.7 Å². The number of nitrogens with one attached hydrogen (secondary N) is 1. The van der Waals surface area contributed by atoms with E-state index in [-0.39, 0.29) is 11.6 Å². The van der Waals surface area contributed by atoms with Gasteiger partial charge in [-0.3, -0.25) is 4.79 Å². The van der Waals surface area contributed by atoms with Crippen LogP contribution in [0.5, 0.6) is 0 Å². The van der Waals surface area contributed by atoms with E-state index in [1.807, 2.05) is 25.3 Å². The Morgan fingerprint density at radius 1 is 1.33 bits per heavy atom. The predicted octanol–water partition coefficient (Wildman–Crippen LogP) is 2.26. The maximum atomic E-state index is 11.7. The summed E-state index contributed by atoms with van der Waals surface area (Å²) in [5.74, 6) is 1.07. The van der Waals surface area contributed by atoms with Gasteiger partial charge in [0.25, 0.3) is 0 Å². The number of aromatic nitrogens is 1. The van der Waals surface area contributed by atoms with Gasteiger partial charge in [-0.15, -0.1) is 0 Å². The fourth-order valence-electron chi connectivity index (χ4n) is 2.48.